The van der Waals surface area contributed by atoms with E-state index >= 15 is 0 Å². The van der Waals surface area contributed by atoms with E-state index in [4.69, 9.17) is 10.2 Å². The van der Waals surface area contributed by atoms with Gasteiger partial charge in [0, 0.05) is 7.05 Å². The highest BCUT2D eigenvalue weighted by atomic mass is 32.2. The van der Waals surface area contributed by atoms with E-state index in [0.29, 0.717) is 11.3 Å². The van der Waals surface area contributed by atoms with Crippen molar-refractivity contribution in [3.8, 4) is 0 Å². The van der Waals surface area contributed by atoms with Gasteiger partial charge in [-0.15, -0.1) is 9.50 Å². The fourth-order valence-corrected chi connectivity index (χ4v) is 4.22. The summed E-state index contributed by atoms with van der Waals surface area (Å²) >= 11 is 0.495. The summed E-state index contributed by atoms with van der Waals surface area (Å²) in [6.07, 6.45) is 0. The minimum Gasteiger partial charge on any atom is -0.478 e. The SMILES string of the molecule is Cn1nc(S(N)(=O)=O)sc1=NS(=O)(=O)c1ccc(C(=O)O)cc1. The molecule has 0 spiro atoms. The number of hydrogen-bond donors (Lipinski definition) is 2. The van der Waals surface area contributed by atoms with Gasteiger partial charge in [0.15, 0.2) is 0 Å². The van der Waals surface area contributed by atoms with Crippen LogP contribution in [0.5, 0.6) is 0 Å². The van der Waals surface area contributed by atoms with Gasteiger partial charge in [-0.2, -0.15) is 8.42 Å². The van der Waals surface area contributed by atoms with Crippen molar-refractivity contribution in [1.82, 2.24) is 9.78 Å². The van der Waals surface area contributed by atoms with Crippen molar-refractivity contribution < 1.29 is 26.7 Å². The van der Waals surface area contributed by atoms with Crippen molar-refractivity contribution in [2.45, 2.75) is 9.24 Å². The standard InChI is InChI=1S/C10H10N4O6S3/c1-14-9(21-10(12-14)22(11,17)18)13-23(19,20)7-4-2-6(3-5-7)8(15)16/h2-5H,1H3,(H,15,16)(H2,11,17,18). The summed E-state index contributed by atoms with van der Waals surface area (Å²) in [5.41, 5.74) is -0.0798. The Morgan fingerprint density at radius 3 is 2.26 bits per heavy atom. The van der Waals surface area contributed by atoms with E-state index in [1.165, 1.54) is 7.05 Å². The molecule has 0 saturated heterocycles. The van der Waals surface area contributed by atoms with Crippen LogP contribution in [0.15, 0.2) is 37.9 Å². The van der Waals surface area contributed by atoms with E-state index in [9.17, 15) is 21.6 Å². The van der Waals surface area contributed by atoms with Gasteiger partial charge in [-0.3, -0.25) is 0 Å². The second-order valence-corrected chi connectivity index (χ2v) is 8.51. The van der Waals surface area contributed by atoms with Gasteiger partial charge in [0.2, 0.25) is 9.14 Å². The van der Waals surface area contributed by atoms with Crippen molar-refractivity contribution in [3.63, 3.8) is 0 Å². The number of carbonyl (C=O) groups is 1. The summed E-state index contributed by atoms with van der Waals surface area (Å²) in [5, 5.41) is 17.3. The van der Waals surface area contributed by atoms with Crippen LogP contribution in [0.2, 0.25) is 0 Å². The van der Waals surface area contributed by atoms with Crippen LogP contribution in [0.3, 0.4) is 0 Å². The van der Waals surface area contributed by atoms with Gasteiger partial charge >= 0.3 is 5.97 Å². The third-order valence-electron chi connectivity index (χ3n) is 2.53. The van der Waals surface area contributed by atoms with Gasteiger partial charge in [-0.25, -0.2) is 23.0 Å². The monoisotopic (exact) mass is 378 g/mol. The normalized spacial score (nSPS) is 13.2. The zero-order valence-electron chi connectivity index (χ0n) is 11.4. The number of aromatic nitrogens is 2. The maximum absolute atomic E-state index is 12.2. The number of aromatic carboxylic acids is 1. The summed E-state index contributed by atoms with van der Waals surface area (Å²) in [6.45, 7) is 0. The summed E-state index contributed by atoms with van der Waals surface area (Å²) in [5.74, 6) is -1.20. The maximum atomic E-state index is 12.2. The van der Waals surface area contributed by atoms with Crippen LogP contribution in [-0.2, 0) is 27.1 Å². The molecule has 0 bridgehead atoms. The predicted octanol–water partition coefficient (Wildman–Crippen LogP) is -0.883. The van der Waals surface area contributed by atoms with E-state index in [2.05, 4.69) is 9.50 Å². The lowest BCUT2D eigenvalue weighted by Gasteiger charge is -1.99. The lowest BCUT2D eigenvalue weighted by Crippen LogP contribution is -2.15. The van der Waals surface area contributed by atoms with Crippen LogP contribution >= 0.6 is 11.3 Å². The van der Waals surface area contributed by atoms with Crippen LogP contribution in [-0.4, -0.2) is 37.7 Å². The molecule has 0 aliphatic heterocycles. The number of nitrogens with zero attached hydrogens (tertiary/aromatic N) is 3. The highest BCUT2D eigenvalue weighted by molar-refractivity contribution is 7.91. The molecule has 1 heterocycles. The molecule has 0 fully saturated rings. The first kappa shape index (κ1) is 17.3. The minimum absolute atomic E-state index is 0.0798. The largest absolute Gasteiger partial charge is 0.478 e. The molecule has 0 saturated carbocycles. The Morgan fingerprint density at radius 1 is 1.26 bits per heavy atom. The number of rotatable bonds is 4. The number of carboxylic acid groups (broad SMARTS) is 1. The molecule has 124 valence electrons. The van der Waals surface area contributed by atoms with Gasteiger partial charge in [0.25, 0.3) is 20.0 Å². The molecule has 0 amide bonds. The smallest absolute Gasteiger partial charge is 0.335 e. The summed E-state index contributed by atoms with van der Waals surface area (Å²) in [6, 6.07) is 4.41. The van der Waals surface area contributed by atoms with Crippen LogP contribution in [0.4, 0.5) is 0 Å². The number of aryl methyl sites for hydroxylation is 1. The van der Waals surface area contributed by atoms with Gasteiger partial charge in [-0.1, -0.05) is 11.3 Å². The molecular formula is C10H10N4O6S3. The molecule has 13 heteroatoms. The highest BCUT2D eigenvalue weighted by Crippen LogP contribution is 2.14. The number of benzene rings is 1. The van der Waals surface area contributed by atoms with E-state index in [1.54, 1.807) is 0 Å². The number of nitrogens with two attached hydrogens (primary N) is 1. The van der Waals surface area contributed by atoms with Crippen molar-refractivity contribution >= 4 is 37.4 Å². The van der Waals surface area contributed by atoms with Crippen molar-refractivity contribution in [2.24, 2.45) is 16.6 Å². The quantitative estimate of drug-likeness (QED) is 0.697. The van der Waals surface area contributed by atoms with E-state index in [1.807, 2.05) is 0 Å². The topological polar surface area (TPSA) is 162 Å². The molecule has 0 unspecified atom stereocenters. The Bertz CT molecular complexity index is 1030. The second-order valence-electron chi connectivity index (χ2n) is 4.22. The summed E-state index contributed by atoms with van der Waals surface area (Å²) in [4.78, 5) is 10.3. The number of hydrogen-bond acceptors (Lipinski definition) is 7. The van der Waals surface area contributed by atoms with Crippen LogP contribution in [0.1, 0.15) is 10.4 Å². The maximum Gasteiger partial charge on any atom is 0.335 e. The summed E-state index contributed by atoms with van der Waals surface area (Å²) < 4.78 is 50.7. The number of primary sulfonamides is 1. The molecule has 10 nitrogen and oxygen atoms in total. The molecule has 0 radical (unpaired) electrons. The molecule has 0 aliphatic rings. The molecule has 0 atom stereocenters. The Kier molecular flexibility index (Phi) is 4.39. The fourth-order valence-electron chi connectivity index (χ4n) is 1.45. The van der Waals surface area contributed by atoms with E-state index in [0.717, 1.165) is 28.9 Å². The Hall–Kier alpha value is -2.09. The van der Waals surface area contributed by atoms with Gasteiger partial charge in [0.1, 0.15) is 0 Å². The minimum atomic E-state index is -4.16. The van der Waals surface area contributed by atoms with Gasteiger partial charge < -0.3 is 5.11 Å². The predicted molar refractivity (Wildman–Crippen MR) is 78.6 cm³/mol. The lowest BCUT2D eigenvalue weighted by molar-refractivity contribution is 0.0696. The first-order valence-electron chi connectivity index (χ1n) is 5.72. The van der Waals surface area contributed by atoms with Crippen molar-refractivity contribution in [2.75, 3.05) is 0 Å². The first-order valence-corrected chi connectivity index (χ1v) is 9.52. The van der Waals surface area contributed by atoms with Crippen LogP contribution in [0, 0.1) is 0 Å². The molecule has 0 aliphatic carbocycles. The number of sulfonamides is 2. The molecular weight excluding hydrogens is 368 g/mol. The molecule has 23 heavy (non-hydrogen) atoms. The molecule has 2 aromatic rings. The van der Waals surface area contributed by atoms with E-state index in [-0.39, 0.29) is 15.3 Å². The summed E-state index contributed by atoms with van der Waals surface area (Å²) in [7, 11) is -6.93. The van der Waals surface area contributed by atoms with Gasteiger partial charge in [0.05, 0.1) is 10.5 Å². The molecule has 2 rings (SSSR count). The first-order chi connectivity index (χ1) is 10.5. The van der Waals surface area contributed by atoms with Crippen LogP contribution < -0.4 is 9.94 Å². The van der Waals surface area contributed by atoms with Crippen molar-refractivity contribution in [1.29, 1.82) is 0 Å². The zero-order valence-corrected chi connectivity index (χ0v) is 13.9. The lowest BCUT2D eigenvalue weighted by atomic mass is 10.2. The van der Waals surface area contributed by atoms with Crippen molar-refractivity contribution in [3.05, 3.63) is 34.6 Å². The molecule has 1 aromatic carbocycles. The molecule has 3 N–H and O–H groups in total. The van der Waals surface area contributed by atoms with Gasteiger partial charge in [-0.05, 0) is 24.3 Å². The average Bonchev–Trinajstić information content (AvgIpc) is 2.80. The fraction of sp³-hybridized carbons (Fsp3) is 0.100. The Morgan fingerprint density at radius 2 is 1.83 bits per heavy atom. The Balaban J connectivity index is 2.53. The molecule has 1 aromatic heterocycles. The van der Waals surface area contributed by atoms with Crippen LogP contribution in [0.25, 0.3) is 0 Å². The van der Waals surface area contributed by atoms with E-state index < -0.39 is 30.4 Å². The average molecular weight is 378 g/mol. The zero-order chi connectivity index (χ0) is 17.4. The third kappa shape index (κ3) is 3.82. The second kappa shape index (κ2) is 5.84. The number of carboxylic acids is 1. The third-order valence-corrected chi connectivity index (χ3v) is 6.23. The Labute approximate surface area is 134 Å². The highest BCUT2D eigenvalue weighted by Gasteiger charge is 2.18.